The lowest BCUT2D eigenvalue weighted by Crippen LogP contribution is -1.89. The van der Waals surface area contributed by atoms with Gasteiger partial charge in [-0.05, 0) is 39.7 Å². The average molecular weight is 357 g/mol. The van der Waals surface area contributed by atoms with E-state index < -0.39 is 5.82 Å². The molecule has 5 heteroatoms. The number of benzene rings is 2. The number of nitriles is 1. The Hall–Kier alpha value is -1.02. The first-order valence-electron chi connectivity index (χ1n) is 5.37. The summed E-state index contributed by atoms with van der Waals surface area (Å²) in [6.45, 7) is 0. The number of hydrogen-bond acceptors (Lipinski definition) is 2. The molecule has 2 aromatic carbocycles. The van der Waals surface area contributed by atoms with Gasteiger partial charge in [-0.15, -0.1) is 11.8 Å². The second-order valence-electron chi connectivity index (χ2n) is 3.73. The number of thioether (sulfide) groups is 1. The van der Waals surface area contributed by atoms with E-state index in [1.54, 1.807) is 12.1 Å². The molecule has 0 spiro atoms. The van der Waals surface area contributed by atoms with Gasteiger partial charge >= 0.3 is 0 Å². The summed E-state index contributed by atoms with van der Waals surface area (Å²) in [6, 6.07) is 12.6. The molecule has 0 saturated carbocycles. The highest BCUT2D eigenvalue weighted by Crippen LogP contribution is 2.32. The third-order valence-electron chi connectivity index (χ3n) is 2.51. The third kappa shape index (κ3) is 3.30. The van der Waals surface area contributed by atoms with E-state index in [1.807, 2.05) is 30.3 Å². The third-order valence-corrected chi connectivity index (χ3v) is 4.73. The maximum absolute atomic E-state index is 14.0. The molecule has 96 valence electrons. The molecule has 1 nitrogen and oxygen atoms in total. The minimum absolute atomic E-state index is 0.208. The molecular formula is C14H8BrClFNS. The van der Waals surface area contributed by atoms with Crippen LogP contribution in [0.1, 0.15) is 11.1 Å². The van der Waals surface area contributed by atoms with Crippen LogP contribution in [0.25, 0.3) is 0 Å². The van der Waals surface area contributed by atoms with Gasteiger partial charge in [0.1, 0.15) is 6.07 Å². The van der Waals surface area contributed by atoms with Crippen molar-refractivity contribution in [1.29, 1.82) is 5.26 Å². The van der Waals surface area contributed by atoms with E-state index in [0.29, 0.717) is 21.2 Å². The number of rotatable bonds is 3. The Labute approximate surface area is 128 Å². The van der Waals surface area contributed by atoms with Crippen molar-refractivity contribution in [2.75, 3.05) is 0 Å². The van der Waals surface area contributed by atoms with E-state index in [4.69, 9.17) is 16.9 Å². The molecule has 0 aliphatic carbocycles. The smallest absolute Gasteiger partial charge is 0.152 e. The van der Waals surface area contributed by atoms with Gasteiger partial charge in [0, 0.05) is 15.7 Å². The van der Waals surface area contributed by atoms with Crippen LogP contribution in [-0.2, 0) is 5.75 Å². The highest BCUT2D eigenvalue weighted by molar-refractivity contribution is 9.10. The zero-order valence-corrected chi connectivity index (χ0v) is 12.8. The van der Waals surface area contributed by atoms with E-state index in [2.05, 4.69) is 15.9 Å². The monoisotopic (exact) mass is 355 g/mol. The van der Waals surface area contributed by atoms with Gasteiger partial charge in [0.25, 0.3) is 0 Å². The Balaban J connectivity index is 2.20. The van der Waals surface area contributed by atoms with Gasteiger partial charge in [0.2, 0.25) is 0 Å². The molecule has 2 aromatic rings. The molecule has 0 bridgehead atoms. The first kappa shape index (κ1) is 14.4. The average Bonchev–Trinajstić information content (AvgIpc) is 2.42. The van der Waals surface area contributed by atoms with Crippen molar-refractivity contribution in [1.82, 2.24) is 0 Å². The SMILES string of the molecule is N#Cc1ccc(SCc2ccccc2Cl)c(F)c1Br. The summed E-state index contributed by atoms with van der Waals surface area (Å²) in [5.74, 6) is 0.172. The van der Waals surface area contributed by atoms with Crippen LogP contribution < -0.4 is 0 Å². The standard InChI is InChI=1S/C14H8BrClFNS/c15-13-9(7-18)5-6-12(14(13)17)19-8-10-3-1-2-4-11(10)16/h1-6H,8H2. The molecule has 0 radical (unpaired) electrons. The predicted molar refractivity (Wildman–Crippen MR) is 79.8 cm³/mol. The molecule has 0 aromatic heterocycles. The summed E-state index contributed by atoms with van der Waals surface area (Å²) in [7, 11) is 0. The molecule has 0 aliphatic rings. The Kier molecular flexibility index (Phi) is 4.87. The van der Waals surface area contributed by atoms with Crippen LogP contribution in [0.4, 0.5) is 4.39 Å². The summed E-state index contributed by atoms with van der Waals surface area (Å²) in [5.41, 5.74) is 1.24. The van der Waals surface area contributed by atoms with Crippen LogP contribution in [0, 0.1) is 17.1 Å². The van der Waals surface area contributed by atoms with Crippen LogP contribution in [-0.4, -0.2) is 0 Å². The molecule has 0 amide bonds. The number of nitrogens with zero attached hydrogens (tertiary/aromatic N) is 1. The second-order valence-corrected chi connectivity index (χ2v) is 5.95. The quantitative estimate of drug-likeness (QED) is 0.687. The first-order chi connectivity index (χ1) is 9.13. The van der Waals surface area contributed by atoms with Gasteiger partial charge in [-0.1, -0.05) is 29.8 Å². The van der Waals surface area contributed by atoms with Crippen molar-refractivity contribution in [3.05, 3.63) is 62.8 Å². The minimum atomic E-state index is -0.406. The molecule has 0 atom stereocenters. The molecule has 0 saturated heterocycles. The minimum Gasteiger partial charge on any atom is -0.204 e. The van der Waals surface area contributed by atoms with Crippen LogP contribution in [0.15, 0.2) is 45.8 Å². The molecular weight excluding hydrogens is 349 g/mol. The normalized spacial score (nSPS) is 10.2. The van der Waals surface area contributed by atoms with Crippen LogP contribution in [0.3, 0.4) is 0 Å². The van der Waals surface area contributed by atoms with Crippen LogP contribution in [0.2, 0.25) is 5.02 Å². The lowest BCUT2D eigenvalue weighted by atomic mass is 10.2. The molecule has 0 heterocycles. The van der Waals surface area contributed by atoms with E-state index in [-0.39, 0.29) is 4.47 Å². The van der Waals surface area contributed by atoms with Gasteiger partial charge < -0.3 is 0 Å². The van der Waals surface area contributed by atoms with Crippen molar-refractivity contribution in [2.24, 2.45) is 0 Å². The highest BCUT2D eigenvalue weighted by atomic mass is 79.9. The Morgan fingerprint density at radius 1 is 1.26 bits per heavy atom. The lowest BCUT2D eigenvalue weighted by molar-refractivity contribution is 0.594. The van der Waals surface area contributed by atoms with E-state index in [0.717, 1.165) is 5.56 Å². The fourth-order valence-corrected chi connectivity index (χ4v) is 3.30. The van der Waals surface area contributed by atoms with Crippen LogP contribution >= 0.6 is 39.3 Å². The zero-order valence-electron chi connectivity index (χ0n) is 9.66. The summed E-state index contributed by atoms with van der Waals surface area (Å²) in [6.07, 6.45) is 0. The summed E-state index contributed by atoms with van der Waals surface area (Å²) in [4.78, 5) is 0.491. The fraction of sp³-hybridized carbons (Fsp3) is 0.0714. The van der Waals surface area contributed by atoms with Gasteiger partial charge in [0.15, 0.2) is 5.82 Å². The molecule has 19 heavy (non-hydrogen) atoms. The van der Waals surface area contributed by atoms with Crippen LogP contribution in [0.5, 0.6) is 0 Å². The maximum atomic E-state index is 14.0. The first-order valence-corrected chi connectivity index (χ1v) is 7.53. The predicted octanol–water partition coefficient (Wildman–Crippen LogP) is 5.41. The lowest BCUT2D eigenvalue weighted by Gasteiger charge is -2.07. The van der Waals surface area contributed by atoms with Gasteiger partial charge in [-0.25, -0.2) is 4.39 Å². The summed E-state index contributed by atoms with van der Waals surface area (Å²) < 4.78 is 14.2. The molecule has 0 unspecified atom stereocenters. The topological polar surface area (TPSA) is 23.8 Å². The van der Waals surface area contributed by atoms with Gasteiger partial charge in [-0.2, -0.15) is 5.26 Å². The van der Waals surface area contributed by atoms with Crippen molar-refractivity contribution in [2.45, 2.75) is 10.6 Å². The van der Waals surface area contributed by atoms with E-state index in [9.17, 15) is 4.39 Å². The molecule has 2 rings (SSSR count). The zero-order chi connectivity index (χ0) is 13.8. The van der Waals surface area contributed by atoms with Crippen molar-refractivity contribution in [3.8, 4) is 6.07 Å². The van der Waals surface area contributed by atoms with Crippen molar-refractivity contribution < 1.29 is 4.39 Å². The Bertz CT molecular complexity index is 654. The largest absolute Gasteiger partial charge is 0.204 e. The van der Waals surface area contributed by atoms with Gasteiger partial charge in [-0.3, -0.25) is 0 Å². The number of halogens is 3. The van der Waals surface area contributed by atoms with E-state index >= 15 is 0 Å². The van der Waals surface area contributed by atoms with Crippen molar-refractivity contribution in [3.63, 3.8) is 0 Å². The molecule has 0 aliphatic heterocycles. The highest BCUT2D eigenvalue weighted by Gasteiger charge is 2.12. The summed E-state index contributed by atoms with van der Waals surface area (Å²) >= 11 is 10.5. The Morgan fingerprint density at radius 3 is 2.68 bits per heavy atom. The van der Waals surface area contributed by atoms with Gasteiger partial charge in [0.05, 0.1) is 10.0 Å². The van der Waals surface area contributed by atoms with E-state index in [1.165, 1.54) is 11.8 Å². The summed E-state index contributed by atoms with van der Waals surface area (Å²) in [5, 5.41) is 9.48. The number of hydrogen-bond donors (Lipinski definition) is 0. The fourth-order valence-electron chi connectivity index (χ4n) is 1.50. The van der Waals surface area contributed by atoms with Crippen molar-refractivity contribution >= 4 is 39.3 Å². The maximum Gasteiger partial charge on any atom is 0.152 e. The second kappa shape index (κ2) is 6.42. The Morgan fingerprint density at radius 2 is 2.00 bits per heavy atom. The molecule has 0 fully saturated rings. The molecule has 0 N–H and O–H groups in total.